The molecule has 31 heavy (non-hydrogen) atoms. The summed E-state index contributed by atoms with van der Waals surface area (Å²) in [7, 11) is 0. The molecule has 3 unspecified atom stereocenters. The van der Waals surface area contributed by atoms with Crippen molar-refractivity contribution in [1.29, 1.82) is 0 Å². The number of carbonyl (C=O) groups is 1. The number of benzene rings is 2. The van der Waals surface area contributed by atoms with Crippen molar-refractivity contribution in [2.75, 3.05) is 30.0 Å². The minimum atomic E-state index is -0.954. The number of hydrogen-bond acceptors (Lipinski definition) is 8. The van der Waals surface area contributed by atoms with Crippen molar-refractivity contribution in [3.63, 3.8) is 0 Å². The fraction of sp³-hybridized carbons (Fsp3) is 0.409. The van der Waals surface area contributed by atoms with Gasteiger partial charge in [0, 0.05) is 29.8 Å². The van der Waals surface area contributed by atoms with Crippen molar-refractivity contribution >= 4 is 35.7 Å². The van der Waals surface area contributed by atoms with Gasteiger partial charge in [0.05, 0.1) is 31.2 Å². The number of carbonyl (C=O) groups excluding carboxylic acids is 1. The second kappa shape index (κ2) is 8.76. The number of aryl methyl sites for hydroxylation is 2. The van der Waals surface area contributed by atoms with Crippen molar-refractivity contribution in [1.82, 2.24) is 10.0 Å². The fourth-order valence-corrected chi connectivity index (χ4v) is 5.06. The molecule has 2 aliphatic rings. The minimum Gasteiger partial charge on any atom is -0.544 e. The molecule has 1 saturated heterocycles. The number of rotatable bonds is 8. The lowest BCUT2D eigenvalue weighted by atomic mass is 9.91. The molecule has 0 amide bonds. The second-order valence-corrected chi connectivity index (χ2v) is 8.67. The lowest BCUT2D eigenvalue weighted by molar-refractivity contribution is -0.314. The van der Waals surface area contributed by atoms with Crippen LogP contribution in [0.3, 0.4) is 0 Å². The fourth-order valence-electron chi connectivity index (χ4n) is 4.82. The van der Waals surface area contributed by atoms with Gasteiger partial charge < -0.3 is 15.2 Å². The maximum Gasteiger partial charge on any atom is 0.207 e. The Morgan fingerprint density at radius 3 is 2.65 bits per heavy atom. The molecule has 2 heterocycles. The third kappa shape index (κ3) is 4.07. The summed E-state index contributed by atoms with van der Waals surface area (Å²) in [6.45, 7) is 6.45. The summed E-state index contributed by atoms with van der Waals surface area (Å²) in [6, 6.07) is 13.6. The Morgan fingerprint density at radius 1 is 1.29 bits per heavy atom. The van der Waals surface area contributed by atoms with Crippen LogP contribution in [-0.2, 0) is 4.79 Å². The number of hydrogen-bond donors (Lipinski definition) is 3. The lowest BCUT2D eigenvalue weighted by Crippen LogP contribution is -2.72. The van der Waals surface area contributed by atoms with Gasteiger partial charge in [-0.05, 0) is 32.0 Å². The molecule has 9 heteroatoms. The maximum absolute atomic E-state index is 11.9. The number of quaternary nitrogens is 1. The van der Waals surface area contributed by atoms with Crippen LogP contribution in [0.1, 0.15) is 24.0 Å². The minimum absolute atomic E-state index is 0.357. The number of anilines is 2. The van der Waals surface area contributed by atoms with E-state index < -0.39 is 12.0 Å². The van der Waals surface area contributed by atoms with Crippen LogP contribution in [0, 0.1) is 13.8 Å². The van der Waals surface area contributed by atoms with E-state index in [1.807, 2.05) is 30.3 Å². The molecular formula is C22H28N6O2S. The van der Waals surface area contributed by atoms with Crippen molar-refractivity contribution in [3.8, 4) is 0 Å². The lowest BCUT2D eigenvalue weighted by Gasteiger charge is -2.53. The topological polar surface area (TPSA) is 92.2 Å². The van der Waals surface area contributed by atoms with Crippen molar-refractivity contribution in [3.05, 3.63) is 53.6 Å². The van der Waals surface area contributed by atoms with Gasteiger partial charge >= 0.3 is 0 Å². The Hall–Kier alpha value is -2.78. The van der Waals surface area contributed by atoms with E-state index in [-0.39, 0.29) is 5.50 Å². The number of carboxylic acids is 1. The van der Waals surface area contributed by atoms with Crippen LogP contribution in [0.5, 0.6) is 0 Å². The summed E-state index contributed by atoms with van der Waals surface area (Å²) < 4.78 is 0.477. The Balaban J connectivity index is 1.43. The normalized spacial score (nSPS) is 24.5. The van der Waals surface area contributed by atoms with Gasteiger partial charge in [0.15, 0.2) is 0 Å². The predicted molar refractivity (Wildman–Crippen MR) is 124 cm³/mol. The largest absolute Gasteiger partial charge is 0.544 e. The molecule has 4 rings (SSSR count). The number of nitrogens with one attached hydrogen (secondary N) is 2. The Kier molecular flexibility index (Phi) is 6.06. The first-order valence-corrected chi connectivity index (χ1v) is 11.1. The first-order chi connectivity index (χ1) is 14.9. The quantitative estimate of drug-likeness (QED) is 0.333. The molecule has 0 bridgehead atoms. The van der Waals surface area contributed by atoms with Gasteiger partial charge in [-0.3, -0.25) is 4.48 Å². The monoisotopic (exact) mass is 440 g/mol. The molecule has 2 aliphatic heterocycles. The van der Waals surface area contributed by atoms with Gasteiger partial charge in [0.1, 0.15) is 11.7 Å². The van der Waals surface area contributed by atoms with Crippen LogP contribution < -0.4 is 25.5 Å². The molecule has 0 spiro atoms. The first kappa shape index (κ1) is 21.5. The number of aliphatic carboxylic acids is 1. The third-order valence-electron chi connectivity index (χ3n) is 6.29. The van der Waals surface area contributed by atoms with Gasteiger partial charge in [-0.25, -0.2) is 5.01 Å². The molecule has 1 fully saturated rings. The molecule has 164 valence electrons. The van der Waals surface area contributed by atoms with Gasteiger partial charge in [0.2, 0.25) is 5.50 Å². The number of thiol groups is 1. The van der Waals surface area contributed by atoms with Crippen LogP contribution in [-0.4, -0.2) is 37.1 Å². The van der Waals surface area contributed by atoms with E-state index in [0.717, 1.165) is 54.2 Å². The van der Waals surface area contributed by atoms with Crippen LogP contribution in [0.2, 0.25) is 0 Å². The van der Waals surface area contributed by atoms with E-state index in [9.17, 15) is 9.90 Å². The smallest absolute Gasteiger partial charge is 0.207 e. The highest BCUT2D eigenvalue weighted by molar-refractivity contribution is 7.81. The van der Waals surface area contributed by atoms with Gasteiger partial charge in [-0.2, -0.15) is 5.53 Å². The molecule has 2 aromatic rings. The van der Waals surface area contributed by atoms with E-state index >= 15 is 0 Å². The van der Waals surface area contributed by atoms with E-state index in [1.165, 1.54) is 0 Å². The Labute approximate surface area is 187 Å². The van der Waals surface area contributed by atoms with Crippen LogP contribution in [0.25, 0.3) is 0 Å². The third-order valence-corrected chi connectivity index (χ3v) is 6.62. The van der Waals surface area contributed by atoms with E-state index in [4.69, 9.17) is 0 Å². The van der Waals surface area contributed by atoms with E-state index in [1.54, 1.807) is 5.01 Å². The zero-order chi connectivity index (χ0) is 22.0. The van der Waals surface area contributed by atoms with E-state index in [2.05, 4.69) is 59.8 Å². The SMILES string of the molecule is Cc1cccc(C)c1[N+]1(CCCNc2cccc(N3NN=NC3S)c2)CCC1C(=O)[O-]. The van der Waals surface area contributed by atoms with Gasteiger partial charge in [-0.15, -0.1) is 17.7 Å². The molecule has 2 N–H and O–H groups in total. The highest BCUT2D eigenvalue weighted by atomic mass is 32.1. The van der Waals surface area contributed by atoms with Gasteiger partial charge in [-0.1, -0.05) is 29.5 Å². The molecule has 0 aromatic heterocycles. The van der Waals surface area contributed by atoms with Crippen molar-refractivity contribution in [2.24, 2.45) is 10.3 Å². The first-order valence-electron chi connectivity index (χ1n) is 10.5. The zero-order valence-corrected chi connectivity index (χ0v) is 18.7. The standard InChI is InChI=1S/C22H28N6O2S/c1-15-6-3-7-16(2)20(15)28(13-10-19(28)21(29)30)12-5-11-23-17-8-4-9-18(14-17)27-22(31)24-25-26-27/h3-4,6-9,14,19,22-23H,5,10-13H2,1-2H3,(H2-,24,26,29,30,31). The van der Waals surface area contributed by atoms with Crippen molar-refractivity contribution in [2.45, 2.75) is 38.2 Å². The average molecular weight is 441 g/mol. The predicted octanol–water partition coefficient (Wildman–Crippen LogP) is 2.54. The summed E-state index contributed by atoms with van der Waals surface area (Å²) >= 11 is 4.37. The number of nitrogens with zero attached hydrogens (tertiary/aromatic N) is 4. The van der Waals surface area contributed by atoms with Crippen LogP contribution >= 0.6 is 12.6 Å². The maximum atomic E-state index is 11.9. The summed E-state index contributed by atoms with van der Waals surface area (Å²) in [5.74, 6) is -0.954. The van der Waals surface area contributed by atoms with Crippen LogP contribution in [0.4, 0.5) is 17.1 Å². The van der Waals surface area contributed by atoms with Crippen molar-refractivity contribution < 1.29 is 9.90 Å². The molecule has 2 aromatic carbocycles. The summed E-state index contributed by atoms with van der Waals surface area (Å²) in [5.41, 5.74) is 7.77. The number of para-hydroxylation sites is 1. The number of hydrazine groups is 1. The summed E-state index contributed by atoms with van der Waals surface area (Å²) in [5, 5.41) is 24.8. The molecular weight excluding hydrogens is 412 g/mol. The highest BCUT2D eigenvalue weighted by Crippen LogP contribution is 2.40. The Morgan fingerprint density at radius 2 is 2.03 bits per heavy atom. The molecule has 0 radical (unpaired) electrons. The molecule has 0 aliphatic carbocycles. The van der Waals surface area contributed by atoms with Crippen LogP contribution in [0.15, 0.2) is 52.8 Å². The number of likely N-dealkylation sites (tertiary alicyclic amines) is 1. The zero-order valence-electron chi connectivity index (χ0n) is 17.8. The second-order valence-electron chi connectivity index (χ2n) is 8.21. The molecule has 8 nitrogen and oxygen atoms in total. The highest BCUT2D eigenvalue weighted by Gasteiger charge is 2.49. The average Bonchev–Trinajstić information content (AvgIpc) is 3.14. The molecule has 0 saturated carbocycles. The number of carboxylic acid groups (broad SMARTS) is 1. The Bertz CT molecular complexity index is 979. The van der Waals surface area contributed by atoms with E-state index in [0.29, 0.717) is 10.9 Å². The summed E-state index contributed by atoms with van der Waals surface area (Å²) in [4.78, 5) is 11.9. The van der Waals surface area contributed by atoms with Gasteiger partial charge in [0.25, 0.3) is 0 Å². The summed E-state index contributed by atoms with van der Waals surface area (Å²) in [6.07, 6.45) is 1.50. The molecule has 3 atom stereocenters.